The zero-order valence-corrected chi connectivity index (χ0v) is 14.8. The lowest BCUT2D eigenvalue weighted by molar-refractivity contribution is -2.00. The van der Waals surface area contributed by atoms with Gasteiger partial charge in [0, 0.05) is 30.9 Å². The maximum Gasteiger partial charge on any atom is 0.172 e. The van der Waals surface area contributed by atoms with Gasteiger partial charge in [-0.1, -0.05) is 29.3 Å². The van der Waals surface area contributed by atoms with Crippen molar-refractivity contribution in [3.05, 3.63) is 40.0 Å². The van der Waals surface area contributed by atoms with E-state index in [1.54, 1.807) is 6.07 Å². The van der Waals surface area contributed by atoms with Gasteiger partial charge in [0.15, 0.2) is 6.21 Å². The van der Waals surface area contributed by atoms with Crippen LogP contribution in [0.5, 0.6) is 0 Å². The molecule has 0 spiro atoms. The fraction of sp³-hybridized carbons (Fsp3) is 0.308. The molecule has 124 valence electrons. The van der Waals surface area contributed by atoms with Crippen molar-refractivity contribution in [3.8, 4) is 0 Å². The van der Waals surface area contributed by atoms with E-state index in [2.05, 4.69) is 0 Å². The standard InChI is InChI=1S/C13H17Cl2N2.ClHO4/c1-16(2)8-10(9-17(3)4)12-6-5-11(14)7-13(12)15;2-1(3,4)5/h5-9H,1-4H3;(H,2,3,4,5)/q+1;/p-1. The number of nitrogens with zero attached hydrogens (tertiary/aromatic N) is 2. The molecule has 6 nitrogen and oxygen atoms in total. The van der Waals surface area contributed by atoms with Gasteiger partial charge in [0.05, 0.1) is 10.6 Å². The summed E-state index contributed by atoms with van der Waals surface area (Å²) >= 11 is 12.1. The highest BCUT2D eigenvalue weighted by Gasteiger charge is 2.08. The van der Waals surface area contributed by atoms with Crippen molar-refractivity contribution < 1.29 is 33.5 Å². The van der Waals surface area contributed by atoms with Crippen LogP contribution >= 0.6 is 23.2 Å². The molecule has 0 bridgehead atoms. The van der Waals surface area contributed by atoms with Gasteiger partial charge in [-0.25, -0.2) is 23.2 Å². The van der Waals surface area contributed by atoms with Crippen LogP contribution in [0.15, 0.2) is 24.4 Å². The summed E-state index contributed by atoms with van der Waals surface area (Å²) in [5, 5.41) is 1.30. The third-order valence-corrected chi connectivity index (χ3v) is 2.58. The first-order valence-electron chi connectivity index (χ1n) is 5.87. The fourth-order valence-corrected chi connectivity index (χ4v) is 1.97. The molecule has 9 heteroatoms. The van der Waals surface area contributed by atoms with E-state index < -0.39 is 10.2 Å². The van der Waals surface area contributed by atoms with Crippen LogP contribution in [0.4, 0.5) is 0 Å². The predicted molar refractivity (Wildman–Crippen MR) is 76.3 cm³/mol. The topological polar surface area (TPSA) is 98.5 Å². The van der Waals surface area contributed by atoms with Gasteiger partial charge in [-0.3, -0.25) is 0 Å². The molecule has 0 aliphatic heterocycles. The van der Waals surface area contributed by atoms with Gasteiger partial charge in [-0.2, -0.15) is 0 Å². The van der Waals surface area contributed by atoms with E-state index in [0.717, 1.165) is 11.1 Å². The molecule has 0 amide bonds. The van der Waals surface area contributed by atoms with E-state index in [4.69, 9.17) is 41.8 Å². The molecule has 0 aliphatic carbocycles. The third kappa shape index (κ3) is 10.8. The van der Waals surface area contributed by atoms with Crippen LogP contribution < -0.4 is 18.6 Å². The van der Waals surface area contributed by atoms with Crippen LogP contribution in [0.3, 0.4) is 0 Å². The highest BCUT2D eigenvalue weighted by Crippen LogP contribution is 2.26. The predicted octanol–water partition coefficient (Wildman–Crippen LogP) is -1.52. The molecule has 0 aliphatic rings. The molecule has 0 radical (unpaired) electrons. The number of halogens is 3. The van der Waals surface area contributed by atoms with Crippen molar-refractivity contribution in [2.45, 2.75) is 0 Å². The number of allylic oxidation sites excluding steroid dienone is 1. The Balaban J connectivity index is 0.000000763. The second-order valence-corrected chi connectivity index (χ2v) is 6.24. The van der Waals surface area contributed by atoms with E-state index in [-0.39, 0.29) is 0 Å². The Morgan fingerprint density at radius 3 is 2.00 bits per heavy atom. The van der Waals surface area contributed by atoms with Gasteiger partial charge >= 0.3 is 0 Å². The molecule has 0 fully saturated rings. The molecule has 1 aromatic rings. The molecule has 1 aromatic carbocycles. The first-order valence-corrected chi connectivity index (χ1v) is 7.86. The summed E-state index contributed by atoms with van der Waals surface area (Å²) in [6.45, 7) is 0. The maximum absolute atomic E-state index is 8.49. The van der Waals surface area contributed by atoms with Crippen molar-refractivity contribution in [3.63, 3.8) is 0 Å². The summed E-state index contributed by atoms with van der Waals surface area (Å²) < 4.78 is 36.0. The monoisotopic (exact) mass is 370 g/mol. The van der Waals surface area contributed by atoms with E-state index in [9.17, 15) is 0 Å². The molecule has 0 unspecified atom stereocenters. The zero-order chi connectivity index (χ0) is 17.5. The molecular weight excluding hydrogens is 355 g/mol. The minimum atomic E-state index is -4.94. The summed E-state index contributed by atoms with van der Waals surface area (Å²) in [5.41, 5.74) is 2.01. The average molecular weight is 372 g/mol. The lowest BCUT2D eigenvalue weighted by atomic mass is 10.1. The summed E-state index contributed by atoms with van der Waals surface area (Å²) in [4.78, 5) is 1.99. The van der Waals surface area contributed by atoms with Crippen LogP contribution in [0.25, 0.3) is 5.57 Å². The smallest absolute Gasteiger partial charge is 0.172 e. The summed E-state index contributed by atoms with van der Waals surface area (Å²) in [7, 11) is 2.97. The van der Waals surface area contributed by atoms with Gasteiger partial charge in [0.2, 0.25) is 0 Å². The van der Waals surface area contributed by atoms with Gasteiger partial charge in [-0.05, 0) is 12.1 Å². The van der Waals surface area contributed by atoms with Gasteiger partial charge in [-0.15, -0.1) is 10.2 Å². The highest BCUT2D eigenvalue weighted by atomic mass is 35.7. The van der Waals surface area contributed by atoms with Crippen LogP contribution in [0.2, 0.25) is 10.0 Å². The highest BCUT2D eigenvalue weighted by molar-refractivity contribution is 6.36. The Labute approximate surface area is 141 Å². The number of benzene rings is 1. The lowest BCUT2D eigenvalue weighted by Crippen LogP contribution is -2.68. The maximum atomic E-state index is 8.49. The quantitative estimate of drug-likeness (QED) is 0.475. The van der Waals surface area contributed by atoms with Crippen LogP contribution in [0.1, 0.15) is 5.56 Å². The second-order valence-electron chi connectivity index (χ2n) is 4.64. The fourth-order valence-electron chi connectivity index (χ4n) is 1.45. The van der Waals surface area contributed by atoms with E-state index in [1.807, 2.05) is 62.2 Å². The van der Waals surface area contributed by atoms with Crippen LogP contribution in [0, 0.1) is 10.2 Å². The van der Waals surface area contributed by atoms with Crippen molar-refractivity contribution >= 4 is 35.0 Å². The number of hydrogen-bond acceptors (Lipinski definition) is 5. The largest absolute Gasteiger partial charge is 0.383 e. The Hall–Kier alpha value is -0.860. The Morgan fingerprint density at radius 2 is 1.64 bits per heavy atom. The minimum Gasteiger partial charge on any atom is -0.383 e. The molecule has 1 rings (SSSR count). The third-order valence-electron chi connectivity index (χ3n) is 2.04. The van der Waals surface area contributed by atoms with E-state index >= 15 is 0 Å². The minimum absolute atomic E-state index is 0.646. The molecule has 22 heavy (non-hydrogen) atoms. The summed E-state index contributed by atoms with van der Waals surface area (Å²) in [5.74, 6) is 0. The van der Waals surface area contributed by atoms with Crippen molar-refractivity contribution in [2.24, 2.45) is 0 Å². The molecule has 0 N–H and O–H groups in total. The second kappa shape index (κ2) is 9.32. The van der Waals surface area contributed by atoms with Crippen molar-refractivity contribution in [2.75, 3.05) is 28.2 Å². The Kier molecular flexibility index (Phi) is 8.95. The first-order chi connectivity index (χ1) is 9.90. The number of hydrogen-bond donors (Lipinski definition) is 0. The molecule has 0 heterocycles. The normalized spacial score (nSPS) is 11.5. The van der Waals surface area contributed by atoms with Crippen molar-refractivity contribution in [1.82, 2.24) is 4.90 Å². The molecule has 0 aromatic heterocycles. The lowest BCUT2D eigenvalue weighted by Gasteiger charge is -2.17. The Morgan fingerprint density at radius 1 is 1.14 bits per heavy atom. The molecule has 0 saturated heterocycles. The molecule has 0 atom stereocenters. The van der Waals surface area contributed by atoms with E-state index in [1.165, 1.54) is 0 Å². The average Bonchev–Trinajstić information content (AvgIpc) is 2.23. The van der Waals surface area contributed by atoms with Gasteiger partial charge in [0.1, 0.15) is 14.1 Å². The summed E-state index contributed by atoms with van der Waals surface area (Å²) in [6.07, 6.45) is 4.05. The van der Waals surface area contributed by atoms with Gasteiger partial charge < -0.3 is 4.90 Å². The SMILES string of the molecule is CN(C)/C=C(\C=[N+](C)C)c1ccc(Cl)cc1Cl.[O-][Cl+3]([O-])([O-])[O-]. The van der Waals surface area contributed by atoms with Crippen LogP contribution in [-0.2, 0) is 0 Å². The number of rotatable bonds is 3. The first kappa shape index (κ1) is 21.1. The van der Waals surface area contributed by atoms with E-state index in [0.29, 0.717) is 10.0 Å². The zero-order valence-electron chi connectivity index (χ0n) is 12.5. The molecule has 0 saturated carbocycles. The summed E-state index contributed by atoms with van der Waals surface area (Å²) in [6, 6.07) is 5.53. The van der Waals surface area contributed by atoms with Crippen LogP contribution in [-0.4, -0.2) is 43.9 Å². The Bertz CT molecular complexity index is 545. The van der Waals surface area contributed by atoms with Gasteiger partial charge in [0.25, 0.3) is 0 Å². The molecular formula is C13H17Cl3N2O4. The van der Waals surface area contributed by atoms with Crippen molar-refractivity contribution in [1.29, 1.82) is 0 Å².